The Morgan fingerprint density at radius 1 is 1.30 bits per heavy atom. The Balaban J connectivity index is 2.81. The molecular formula is C13H24N6O. The molecule has 7 heteroatoms. The number of nitrogen functional groups attached to an aromatic ring is 1. The van der Waals surface area contributed by atoms with E-state index in [4.69, 9.17) is 5.73 Å². The SMILES string of the molecule is CCNc1cc(N(C)CC(=O)N(CC)CC)nc(N)n1. The summed E-state index contributed by atoms with van der Waals surface area (Å²) in [5, 5.41) is 3.09. The van der Waals surface area contributed by atoms with Gasteiger partial charge in [0, 0.05) is 32.7 Å². The number of rotatable bonds is 7. The molecule has 1 heterocycles. The van der Waals surface area contributed by atoms with Crippen molar-refractivity contribution in [3.63, 3.8) is 0 Å². The highest BCUT2D eigenvalue weighted by Crippen LogP contribution is 2.15. The quantitative estimate of drug-likeness (QED) is 0.768. The first-order chi connectivity index (χ1) is 9.51. The van der Waals surface area contributed by atoms with E-state index in [0.717, 1.165) is 6.54 Å². The molecule has 1 rings (SSSR count). The van der Waals surface area contributed by atoms with E-state index in [1.54, 1.807) is 15.9 Å². The molecule has 7 nitrogen and oxygen atoms in total. The maximum absolute atomic E-state index is 12.1. The van der Waals surface area contributed by atoms with Crippen LogP contribution in [0.5, 0.6) is 0 Å². The molecule has 20 heavy (non-hydrogen) atoms. The lowest BCUT2D eigenvalue weighted by Gasteiger charge is -2.24. The topological polar surface area (TPSA) is 87.4 Å². The van der Waals surface area contributed by atoms with Crippen molar-refractivity contribution < 1.29 is 4.79 Å². The van der Waals surface area contributed by atoms with Gasteiger partial charge in [-0.3, -0.25) is 4.79 Å². The lowest BCUT2D eigenvalue weighted by Crippen LogP contribution is -2.39. The maximum atomic E-state index is 12.1. The number of anilines is 3. The molecular weight excluding hydrogens is 256 g/mol. The van der Waals surface area contributed by atoms with Gasteiger partial charge in [0.05, 0.1) is 6.54 Å². The van der Waals surface area contributed by atoms with Gasteiger partial charge in [-0.1, -0.05) is 0 Å². The Bertz CT molecular complexity index is 446. The predicted octanol–water partition coefficient (Wildman–Crippen LogP) is 0.795. The lowest BCUT2D eigenvalue weighted by molar-refractivity contribution is -0.129. The summed E-state index contributed by atoms with van der Waals surface area (Å²) in [5.41, 5.74) is 5.69. The summed E-state index contributed by atoms with van der Waals surface area (Å²) in [5.74, 6) is 1.56. The molecule has 0 aromatic carbocycles. The van der Waals surface area contributed by atoms with Crippen LogP contribution >= 0.6 is 0 Å². The minimum atomic E-state index is 0.0692. The molecule has 0 unspecified atom stereocenters. The molecule has 0 spiro atoms. The van der Waals surface area contributed by atoms with E-state index >= 15 is 0 Å². The van der Waals surface area contributed by atoms with Crippen LogP contribution in [0.25, 0.3) is 0 Å². The predicted molar refractivity (Wildman–Crippen MR) is 81.8 cm³/mol. The molecule has 1 amide bonds. The monoisotopic (exact) mass is 280 g/mol. The van der Waals surface area contributed by atoms with Gasteiger partial charge in [-0.05, 0) is 20.8 Å². The number of nitrogens with two attached hydrogens (primary N) is 1. The van der Waals surface area contributed by atoms with Gasteiger partial charge in [-0.15, -0.1) is 0 Å². The number of aromatic nitrogens is 2. The van der Waals surface area contributed by atoms with E-state index in [2.05, 4.69) is 15.3 Å². The Labute approximate surface area is 120 Å². The maximum Gasteiger partial charge on any atom is 0.242 e. The number of amides is 1. The lowest BCUT2D eigenvalue weighted by atomic mass is 10.4. The van der Waals surface area contributed by atoms with Crippen LogP contribution in [-0.4, -0.2) is 54.0 Å². The van der Waals surface area contributed by atoms with E-state index in [0.29, 0.717) is 24.7 Å². The zero-order valence-corrected chi connectivity index (χ0v) is 12.7. The molecule has 0 atom stereocenters. The number of carbonyl (C=O) groups excluding carboxylic acids is 1. The van der Waals surface area contributed by atoms with Gasteiger partial charge in [-0.25, -0.2) is 0 Å². The van der Waals surface area contributed by atoms with Crippen LogP contribution in [-0.2, 0) is 4.79 Å². The third kappa shape index (κ3) is 4.25. The number of nitrogens with one attached hydrogen (secondary N) is 1. The Morgan fingerprint density at radius 3 is 2.50 bits per heavy atom. The molecule has 1 aromatic heterocycles. The van der Waals surface area contributed by atoms with Gasteiger partial charge in [0.15, 0.2) is 0 Å². The fourth-order valence-corrected chi connectivity index (χ4v) is 1.88. The summed E-state index contributed by atoms with van der Waals surface area (Å²) in [6, 6.07) is 1.79. The van der Waals surface area contributed by atoms with Crippen molar-refractivity contribution in [2.24, 2.45) is 0 Å². The third-order valence-electron chi connectivity index (χ3n) is 2.97. The molecule has 0 saturated heterocycles. The average Bonchev–Trinajstić information content (AvgIpc) is 2.39. The van der Waals surface area contributed by atoms with Crippen molar-refractivity contribution in [2.75, 3.05) is 49.2 Å². The van der Waals surface area contributed by atoms with Crippen LogP contribution in [0.4, 0.5) is 17.6 Å². The average molecular weight is 280 g/mol. The number of hydrogen-bond donors (Lipinski definition) is 2. The molecule has 0 aliphatic carbocycles. The Hall–Kier alpha value is -2.05. The largest absolute Gasteiger partial charge is 0.370 e. The van der Waals surface area contributed by atoms with E-state index in [-0.39, 0.29) is 18.4 Å². The smallest absolute Gasteiger partial charge is 0.242 e. The summed E-state index contributed by atoms with van der Waals surface area (Å²) in [6.45, 7) is 8.34. The van der Waals surface area contributed by atoms with Gasteiger partial charge >= 0.3 is 0 Å². The second-order valence-electron chi connectivity index (χ2n) is 4.42. The molecule has 0 bridgehead atoms. The van der Waals surface area contributed by atoms with Gasteiger partial charge < -0.3 is 20.9 Å². The molecule has 1 aromatic rings. The van der Waals surface area contributed by atoms with Crippen LogP contribution in [0.3, 0.4) is 0 Å². The normalized spacial score (nSPS) is 10.2. The van der Waals surface area contributed by atoms with Gasteiger partial charge in [0.1, 0.15) is 11.6 Å². The number of likely N-dealkylation sites (N-methyl/N-ethyl adjacent to an activating group) is 2. The Morgan fingerprint density at radius 2 is 1.95 bits per heavy atom. The van der Waals surface area contributed by atoms with Crippen molar-refractivity contribution in [1.82, 2.24) is 14.9 Å². The van der Waals surface area contributed by atoms with E-state index < -0.39 is 0 Å². The second-order valence-corrected chi connectivity index (χ2v) is 4.42. The van der Waals surface area contributed by atoms with E-state index in [1.165, 1.54) is 0 Å². The molecule has 0 fully saturated rings. The van der Waals surface area contributed by atoms with Gasteiger partial charge in [0.2, 0.25) is 11.9 Å². The second kappa shape index (κ2) is 7.52. The zero-order chi connectivity index (χ0) is 15.1. The van der Waals surface area contributed by atoms with Crippen LogP contribution in [0.1, 0.15) is 20.8 Å². The van der Waals surface area contributed by atoms with Crippen molar-refractivity contribution in [3.05, 3.63) is 6.07 Å². The summed E-state index contributed by atoms with van der Waals surface area (Å²) in [7, 11) is 1.82. The van der Waals surface area contributed by atoms with Crippen LogP contribution < -0.4 is 16.0 Å². The highest BCUT2D eigenvalue weighted by atomic mass is 16.2. The van der Waals surface area contributed by atoms with Crippen LogP contribution in [0.2, 0.25) is 0 Å². The van der Waals surface area contributed by atoms with Crippen molar-refractivity contribution in [2.45, 2.75) is 20.8 Å². The molecule has 0 radical (unpaired) electrons. The zero-order valence-electron chi connectivity index (χ0n) is 12.7. The molecule has 3 N–H and O–H groups in total. The number of carbonyl (C=O) groups is 1. The minimum absolute atomic E-state index is 0.0692. The summed E-state index contributed by atoms with van der Waals surface area (Å²) >= 11 is 0. The van der Waals surface area contributed by atoms with Crippen LogP contribution in [0.15, 0.2) is 6.07 Å². The standard InChI is InChI=1S/C13H24N6O/c1-5-15-10-8-11(17-13(14)16-10)18(4)9-12(20)19(6-2)7-3/h8H,5-7,9H2,1-4H3,(H3,14,15,16,17). The van der Waals surface area contributed by atoms with Crippen molar-refractivity contribution >= 4 is 23.5 Å². The number of hydrogen-bond acceptors (Lipinski definition) is 6. The summed E-state index contributed by atoms with van der Waals surface area (Å²) < 4.78 is 0. The molecule has 112 valence electrons. The summed E-state index contributed by atoms with van der Waals surface area (Å²) in [4.78, 5) is 23.9. The Kier molecular flexibility index (Phi) is 6.02. The van der Waals surface area contributed by atoms with Crippen LogP contribution in [0, 0.1) is 0 Å². The highest BCUT2D eigenvalue weighted by Gasteiger charge is 2.14. The van der Waals surface area contributed by atoms with E-state index in [1.807, 2.05) is 27.8 Å². The fraction of sp³-hybridized carbons (Fsp3) is 0.615. The van der Waals surface area contributed by atoms with E-state index in [9.17, 15) is 4.79 Å². The third-order valence-corrected chi connectivity index (χ3v) is 2.97. The number of nitrogens with zero attached hydrogens (tertiary/aromatic N) is 4. The summed E-state index contributed by atoms with van der Waals surface area (Å²) in [6.07, 6.45) is 0. The minimum Gasteiger partial charge on any atom is -0.370 e. The first-order valence-corrected chi connectivity index (χ1v) is 6.89. The van der Waals surface area contributed by atoms with Gasteiger partial charge in [-0.2, -0.15) is 9.97 Å². The molecule has 0 saturated carbocycles. The first kappa shape index (κ1) is 16.0. The van der Waals surface area contributed by atoms with Crippen molar-refractivity contribution in [1.29, 1.82) is 0 Å². The first-order valence-electron chi connectivity index (χ1n) is 6.89. The highest BCUT2D eigenvalue weighted by molar-refractivity contribution is 5.81. The fourth-order valence-electron chi connectivity index (χ4n) is 1.88. The van der Waals surface area contributed by atoms with Crippen molar-refractivity contribution in [3.8, 4) is 0 Å². The van der Waals surface area contributed by atoms with Gasteiger partial charge in [0.25, 0.3) is 0 Å². The molecule has 0 aliphatic rings. The molecule has 0 aliphatic heterocycles.